The van der Waals surface area contributed by atoms with E-state index in [1.165, 1.54) is 23.8 Å². The highest BCUT2D eigenvalue weighted by atomic mass is 32.1. The third kappa shape index (κ3) is 11.9. The van der Waals surface area contributed by atoms with E-state index < -0.39 is 17.9 Å². The van der Waals surface area contributed by atoms with Gasteiger partial charge in [0.1, 0.15) is 11.6 Å². The number of carboxylic acids is 1. The Hall–Kier alpha value is -4.39. The number of hydrogen-bond donors (Lipinski definition) is 5. The molecule has 0 saturated heterocycles. The summed E-state index contributed by atoms with van der Waals surface area (Å²) in [5.74, 6) is -0.645. The molecule has 5 N–H and O–H groups in total. The maximum atomic E-state index is 13.1. The van der Waals surface area contributed by atoms with Gasteiger partial charge in [-0.15, -0.1) is 11.3 Å². The van der Waals surface area contributed by atoms with Crippen LogP contribution in [0.1, 0.15) is 112 Å². The van der Waals surface area contributed by atoms with Crippen LogP contribution in [-0.4, -0.2) is 57.1 Å². The second-order valence-corrected chi connectivity index (χ2v) is 14.0. The predicted molar refractivity (Wildman–Crippen MR) is 191 cm³/mol. The summed E-state index contributed by atoms with van der Waals surface area (Å²) in [6.07, 6.45) is 7.70. The van der Waals surface area contributed by atoms with E-state index >= 15 is 0 Å². The van der Waals surface area contributed by atoms with Gasteiger partial charge in [0, 0.05) is 56.2 Å². The summed E-state index contributed by atoms with van der Waals surface area (Å²) in [5, 5.41) is 21.7. The SMILES string of the molecule is CC(=O)NCc1cc2c(nc1CCCCCC[C@@H](CC(=O)O)NC(=O)c1nc3ccc(NC(=O)CCCC(=O)C(C)C)cc3s1)NCCC2. The van der Waals surface area contributed by atoms with E-state index in [1.54, 1.807) is 18.2 Å². The molecule has 0 bridgehead atoms. The summed E-state index contributed by atoms with van der Waals surface area (Å²) < 4.78 is 0.720. The average Bonchev–Trinajstić information content (AvgIpc) is 3.48. The Bertz CT molecular complexity index is 1650. The molecular weight excluding hydrogens is 644 g/mol. The summed E-state index contributed by atoms with van der Waals surface area (Å²) in [6, 6.07) is 6.83. The molecule has 2 aromatic heterocycles. The Labute approximate surface area is 291 Å². The molecule has 0 spiro atoms. The van der Waals surface area contributed by atoms with Crippen molar-refractivity contribution in [2.75, 3.05) is 17.2 Å². The van der Waals surface area contributed by atoms with Crippen LogP contribution in [0.4, 0.5) is 11.5 Å². The van der Waals surface area contributed by atoms with Crippen LogP contribution in [0.3, 0.4) is 0 Å². The molecule has 1 atom stereocenters. The number of Topliss-reactive ketones (excluding diaryl/α,β-unsaturated/α-hetero) is 1. The Kier molecular flexibility index (Phi) is 14.1. The fourth-order valence-corrected chi connectivity index (χ4v) is 6.72. The van der Waals surface area contributed by atoms with E-state index in [2.05, 4.69) is 32.3 Å². The zero-order valence-corrected chi connectivity index (χ0v) is 29.5. The highest BCUT2D eigenvalue weighted by molar-refractivity contribution is 7.20. The smallest absolute Gasteiger partial charge is 0.305 e. The molecule has 1 aliphatic rings. The number of thiazole rings is 1. The van der Waals surface area contributed by atoms with Gasteiger partial charge in [0.25, 0.3) is 5.91 Å². The zero-order valence-electron chi connectivity index (χ0n) is 28.7. The normalized spacial score (nSPS) is 13.0. The van der Waals surface area contributed by atoms with Gasteiger partial charge in [-0.1, -0.05) is 33.1 Å². The summed E-state index contributed by atoms with van der Waals surface area (Å²) in [4.78, 5) is 69.7. The molecule has 3 amide bonds. The van der Waals surface area contributed by atoms with Crippen LogP contribution >= 0.6 is 11.3 Å². The molecule has 1 aliphatic heterocycles. The monoisotopic (exact) mass is 692 g/mol. The number of unbranched alkanes of at least 4 members (excludes halogenated alkanes) is 3. The van der Waals surface area contributed by atoms with Crippen molar-refractivity contribution in [3.05, 3.63) is 46.1 Å². The standard InChI is InChI=1S/C36H48N6O6S/c1-22(2)30(44)13-8-14-32(45)39-27-15-16-29-31(19-27)49-36(42-29)35(48)40-26(20-33(46)47)11-6-4-5-7-12-28-25(21-38-23(3)43)18-24-10-9-17-37-34(24)41-28/h15-16,18-19,22,26H,4-14,17,20-21H2,1-3H3,(H,37,41)(H,38,43)(H,39,45)(H,40,48)(H,46,47)/t26-/m0/s1. The minimum Gasteiger partial charge on any atom is -0.481 e. The van der Waals surface area contributed by atoms with Crippen LogP contribution in [-0.2, 0) is 38.6 Å². The third-order valence-corrected chi connectivity index (χ3v) is 9.54. The lowest BCUT2D eigenvalue weighted by molar-refractivity contribution is -0.137. The number of nitrogens with one attached hydrogen (secondary N) is 4. The highest BCUT2D eigenvalue weighted by Crippen LogP contribution is 2.27. The van der Waals surface area contributed by atoms with Gasteiger partial charge in [-0.05, 0) is 73.9 Å². The van der Waals surface area contributed by atoms with E-state index in [4.69, 9.17) is 4.98 Å². The number of aryl methyl sites for hydroxylation is 2. The summed E-state index contributed by atoms with van der Waals surface area (Å²) in [7, 11) is 0. The van der Waals surface area contributed by atoms with Crippen molar-refractivity contribution >= 4 is 62.5 Å². The molecule has 0 fully saturated rings. The van der Waals surface area contributed by atoms with Crippen LogP contribution in [0.2, 0.25) is 0 Å². The first-order valence-corrected chi connectivity index (χ1v) is 18.1. The van der Waals surface area contributed by atoms with Gasteiger partial charge < -0.3 is 26.4 Å². The maximum Gasteiger partial charge on any atom is 0.305 e. The Morgan fingerprint density at radius 1 is 1.00 bits per heavy atom. The summed E-state index contributed by atoms with van der Waals surface area (Å²) in [6.45, 7) is 6.56. The number of carboxylic acid groups (broad SMARTS) is 1. The van der Waals surface area contributed by atoms with Gasteiger partial charge in [-0.2, -0.15) is 0 Å². The molecule has 0 radical (unpaired) electrons. The third-order valence-electron chi connectivity index (χ3n) is 8.52. The molecule has 0 saturated carbocycles. The fourth-order valence-electron chi connectivity index (χ4n) is 5.81. The molecule has 49 heavy (non-hydrogen) atoms. The quantitative estimate of drug-likeness (QED) is 0.0973. The summed E-state index contributed by atoms with van der Waals surface area (Å²) >= 11 is 1.18. The first kappa shape index (κ1) is 37.4. The number of aliphatic carboxylic acids is 1. The van der Waals surface area contributed by atoms with Crippen LogP contribution in [0.5, 0.6) is 0 Å². The lowest BCUT2D eigenvalue weighted by Crippen LogP contribution is -2.36. The number of pyridine rings is 1. The average molecular weight is 693 g/mol. The number of ketones is 1. The van der Waals surface area contributed by atoms with Crippen molar-refractivity contribution in [3.8, 4) is 0 Å². The molecule has 12 nitrogen and oxygen atoms in total. The van der Waals surface area contributed by atoms with Crippen LogP contribution < -0.4 is 21.3 Å². The molecule has 3 aromatic rings. The Morgan fingerprint density at radius 2 is 1.80 bits per heavy atom. The molecule has 13 heteroatoms. The van der Waals surface area contributed by atoms with E-state index in [-0.39, 0.29) is 41.4 Å². The molecule has 4 rings (SSSR count). The van der Waals surface area contributed by atoms with Crippen molar-refractivity contribution in [2.45, 2.75) is 110 Å². The molecule has 0 unspecified atom stereocenters. The van der Waals surface area contributed by atoms with Crippen molar-refractivity contribution in [2.24, 2.45) is 5.92 Å². The number of benzene rings is 1. The van der Waals surface area contributed by atoms with Crippen LogP contribution in [0.25, 0.3) is 10.2 Å². The number of nitrogens with zero attached hydrogens (tertiary/aromatic N) is 2. The minimum atomic E-state index is -0.984. The summed E-state index contributed by atoms with van der Waals surface area (Å²) in [5.41, 5.74) is 4.40. The number of anilines is 2. The number of aromatic nitrogens is 2. The van der Waals surface area contributed by atoms with Crippen molar-refractivity contribution < 1.29 is 29.1 Å². The zero-order chi connectivity index (χ0) is 35.3. The molecule has 1 aromatic carbocycles. The lowest BCUT2D eigenvalue weighted by Gasteiger charge is -2.20. The molecule has 3 heterocycles. The number of amides is 3. The van der Waals surface area contributed by atoms with Crippen molar-refractivity contribution in [1.29, 1.82) is 0 Å². The Morgan fingerprint density at radius 3 is 2.55 bits per heavy atom. The highest BCUT2D eigenvalue weighted by Gasteiger charge is 2.20. The van der Waals surface area contributed by atoms with Gasteiger partial charge >= 0.3 is 5.97 Å². The number of fused-ring (bicyclic) bond motifs is 2. The van der Waals surface area contributed by atoms with E-state index in [9.17, 15) is 29.1 Å². The largest absolute Gasteiger partial charge is 0.481 e. The topological polar surface area (TPSA) is 179 Å². The number of hydrogen-bond acceptors (Lipinski definition) is 9. The fraction of sp³-hybridized carbons (Fsp3) is 0.528. The van der Waals surface area contributed by atoms with Crippen molar-refractivity contribution in [3.63, 3.8) is 0 Å². The number of rotatable bonds is 19. The second-order valence-electron chi connectivity index (χ2n) is 13.0. The van der Waals surface area contributed by atoms with Gasteiger partial charge in [0.15, 0.2) is 5.01 Å². The Balaban J connectivity index is 1.25. The second kappa shape index (κ2) is 18.4. The van der Waals surface area contributed by atoms with E-state index in [0.717, 1.165) is 73.3 Å². The lowest BCUT2D eigenvalue weighted by atomic mass is 9.99. The molecule has 264 valence electrons. The van der Waals surface area contributed by atoms with Crippen molar-refractivity contribution in [1.82, 2.24) is 20.6 Å². The minimum absolute atomic E-state index is 0.0439. The number of carbonyl (C=O) groups is 5. The van der Waals surface area contributed by atoms with Crippen LogP contribution in [0.15, 0.2) is 24.3 Å². The van der Waals surface area contributed by atoms with Crippen LogP contribution in [0, 0.1) is 5.92 Å². The van der Waals surface area contributed by atoms with Gasteiger partial charge in [-0.3, -0.25) is 24.0 Å². The van der Waals surface area contributed by atoms with Gasteiger partial charge in [0.2, 0.25) is 11.8 Å². The number of carbonyl (C=O) groups excluding carboxylic acids is 4. The first-order valence-electron chi connectivity index (χ1n) is 17.2. The van der Waals surface area contributed by atoms with Gasteiger partial charge in [0.05, 0.1) is 16.6 Å². The maximum absolute atomic E-state index is 13.1. The van der Waals surface area contributed by atoms with E-state index in [0.29, 0.717) is 37.0 Å². The molecular formula is C36H48N6O6S. The first-order chi connectivity index (χ1) is 23.5. The predicted octanol–water partition coefficient (Wildman–Crippen LogP) is 5.79. The van der Waals surface area contributed by atoms with E-state index in [1.807, 2.05) is 13.8 Å². The van der Waals surface area contributed by atoms with Gasteiger partial charge in [-0.25, -0.2) is 9.97 Å². The molecule has 0 aliphatic carbocycles.